The van der Waals surface area contributed by atoms with Crippen LogP contribution in [0.1, 0.15) is 5.56 Å². The normalized spacial score (nSPS) is 10.4. The lowest BCUT2D eigenvalue weighted by molar-refractivity contribution is 0.397. The highest BCUT2D eigenvalue weighted by Crippen LogP contribution is 2.30. The zero-order chi connectivity index (χ0) is 13.0. The molecule has 5 heteroatoms. The molecule has 2 rings (SSSR count). The number of aromatic nitrogens is 2. The fourth-order valence-corrected chi connectivity index (χ4v) is 1.95. The van der Waals surface area contributed by atoms with E-state index in [1.165, 1.54) is 0 Å². The van der Waals surface area contributed by atoms with E-state index in [1.54, 1.807) is 19.5 Å². The second-order valence-electron chi connectivity index (χ2n) is 3.75. The van der Waals surface area contributed by atoms with Crippen molar-refractivity contribution in [2.45, 2.75) is 6.54 Å². The largest absolute Gasteiger partial charge is 0.479 e. The summed E-state index contributed by atoms with van der Waals surface area (Å²) >= 11 is 6.05. The van der Waals surface area contributed by atoms with Gasteiger partial charge in [-0.3, -0.25) is 0 Å². The fourth-order valence-electron chi connectivity index (χ4n) is 1.77. The predicted molar refractivity (Wildman–Crippen MR) is 71.8 cm³/mol. The number of ether oxygens (including phenoxy) is 1. The molecule has 1 aromatic heterocycles. The summed E-state index contributed by atoms with van der Waals surface area (Å²) in [4.78, 5) is 8.49. The van der Waals surface area contributed by atoms with Crippen LogP contribution in [0.5, 0.6) is 5.88 Å². The van der Waals surface area contributed by atoms with Gasteiger partial charge in [-0.2, -0.15) is 0 Å². The Labute approximate surface area is 111 Å². The topological polar surface area (TPSA) is 47.0 Å². The van der Waals surface area contributed by atoms with Crippen LogP contribution in [0.3, 0.4) is 0 Å². The lowest BCUT2D eigenvalue weighted by Gasteiger charge is -2.11. The van der Waals surface area contributed by atoms with E-state index in [2.05, 4.69) is 15.3 Å². The Balaban J connectivity index is 2.57. The minimum Gasteiger partial charge on any atom is -0.479 e. The van der Waals surface area contributed by atoms with Gasteiger partial charge in [0.15, 0.2) is 0 Å². The standard InChI is InChI=1S/C13H14ClN3O/c1-15-8-9-3-4-10(14)7-11(9)12-13(18-2)17-6-5-16-12/h3-7,15H,8H2,1-2H3. The van der Waals surface area contributed by atoms with Crippen molar-refractivity contribution in [2.75, 3.05) is 14.2 Å². The van der Waals surface area contributed by atoms with E-state index in [4.69, 9.17) is 16.3 Å². The van der Waals surface area contributed by atoms with Gasteiger partial charge in [-0.1, -0.05) is 17.7 Å². The number of nitrogens with zero attached hydrogens (tertiary/aromatic N) is 2. The summed E-state index contributed by atoms with van der Waals surface area (Å²) in [5.41, 5.74) is 2.73. The van der Waals surface area contributed by atoms with Crippen LogP contribution in [0, 0.1) is 0 Å². The SMILES string of the molecule is CNCc1ccc(Cl)cc1-c1nccnc1OC. The smallest absolute Gasteiger partial charge is 0.240 e. The van der Waals surface area contributed by atoms with Crippen molar-refractivity contribution >= 4 is 11.6 Å². The summed E-state index contributed by atoms with van der Waals surface area (Å²) in [6, 6.07) is 5.71. The molecule has 2 aromatic rings. The molecule has 0 saturated heterocycles. The highest BCUT2D eigenvalue weighted by atomic mass is 35.5. The number of nitrogens with one attached hydrogen (secondary N) is 1. The maximum atomic E-state index is 6.05. The van der Waals surface area contributed by atoms with Gasteiger partial charge in [0.25, 0.3) is 0 Å². The first-order valence-electron chi connectivity index (χ1n) is 5.54. The predicted octanol–water partition coefficient (Wildman–Crippen LogP) is 2.53. The summed E-state index contributed by atoms with van der Waals surface area (Å²) in [5.74, 6) is 0.497. The monoisotopic (exact) mass is 263 g/mol. The van der Waals surface area contributed by atoms with Gasteiger partial charge < -0.3 is 10.1 Å². The van der Waals surface area contributed by atoms with Crippen molar-refractivity contribution in [3.8, 4) is 17.1 Å². The molecule has 0 aliphatic carbocycles. The van der Waals surface area contributed by atoms with Crippen LogP contribution in [0.4, 0.5) is 0 Å². The van der Waals surface area contributed by atoms with Gasteiger partial charge in [-0.25, -0.2) is 9.97 Å². The number of benzene rings is 1. The first-order chi connectivity index (χ1) is 8.76. The van der Waals surface area contributed by atoms with Crippen LogP contribution in [0.25, 0.3) is 11.3 Å². The minimum absolute atomic E-state index is 0.497. The van der Waals surface area contributed by atoms with Gasteiger partial charge in [0.1, 0.15) is 5.69 Å². The zero-order valence-corrected chi connectivity index (χ0v) is 11.0. The Morgan fingerprint density at radius 1 is 1.28 bits per heavy atom. The molecule has 1 heterocycles. The average Bonchev–Trinajstić information content (AvgIpc) is 2.41. The molecule has 0 atom stereocenters. The van der Waals surface area contributed by atoms with E-state index in [0.29, 0.717) is 16.6 Å². The number of hydrogen-bond acceptors (Lipinski definition) is 4. The van der Waals surface area contributed by atoms with Crippen LogP contribution in [0.15, 0.2) is 30.6 Å². The lowest BCUT2D eigenvalue weighted by atomic mass is 10.0. The highest BCUT2D eigenvalue weighted by Gasteiger charge is 2.12. The zero-order valence-electron chi connectivity index (χ0n) is 10.3. The van der Waals surface area contributed by atoms with Crippen molar-refractivity contribution in [3.63, 3.8) is 0 Å². The van der Waals surface area contributed by atoms with Gasteiger partial charge >= 0.3 is 0 Å². The lowest BCUT2D eigenvalue weighted by Crippen LogP contribution is -2.07. The molecule has 18 heavy (non-hydrogen) atoms. The van der Waals surface area contributed by atoms with Crippen molar-refractivity contribution in [2.24, 2.45) is 0 Å². The van der Waals surface area contributed by atoms with Crippen LogP contribution in [0.2, 0.25) is 5.02 Å². The van der Waals surface area contributed by atoms with E-state index in [-0.39, 0.29) is 0 Å². The van der Waals surface area contributed by atoms with Crippen molar-refractivity contribution in [1.82, 2.24) is 15.3 Å². The molecule has 0 aliphatic rings. The number of halogens is 1. The van der Waals surface area contributed by atoms with Crippen molar-refractivity contribution in [1.29, 1.82) is 0 Å². The number of hydrogen-bond donors (Lipinski definition) is 1. The first-order valence-corrected chi connectivity index (χ1v) is 5.92. The van der Waals surface area contributed by atoms with E-state index in [1.807, 2.05) is 25.2 Å². The second kappa shape index (κ2) is 5.80. The van der Waals surface area contributed by atoms with Gasteiger partial charge in [-0.05, 0) is 24.7 Å². The van der Waals surface area contributed by atoms with E-state index < -0.39 is 0 Å². The van der Waals surface area contributed by atoms with Crippen LogP contribution in [-0.4, -0.2) is 24.1 Å². The molecular weight excluding hydrogens is 250 g/mol. The van der Waals surface area contributed by atoms with Crippen LogP contribution < -0.4 is 10.1 Å². The van der Waals surface area contributed by atoms with Gasteiger partial charge in [-0.15, -0.1) is 0 Å². The fraction of sp³-hybridized carbons (Fsp3) is 0.231. The van der Waals surface area contributed by atoms with Crippen LogP contribution >= 0.6 is 11.6 Å². The summed E-state index contributed by atoms with van der Waals surface area (Å²) in [7, 11) is 3.47. The van der Waals surface area contributed by atoms with Crippen molar-refractivity contribution in [3.05, 3.63) is 41.2 Å². The van der Waals surface area contributed by atoms with Gasteiger partial charge in [0.05, 0.1) is 7.11 Å². The quantitative estimate of drug-likeness (QED) is 0.921. The Morgan fingerprint density at radius 2 is 2.06 bits per heavy atom. The Hall–Kier alpha value is -1.65. The summed E-state index contributed by atoms with van der Waals surface area (Å²) in [5, 5.41) is 3.78. The molecule has 0 unspecified atom stereocenters. The van der Waals surface area contributed by atoms with Crippen molar-refractivity contribution < 1.29 is 4.74 Å². The number of rotatable bonds is 4. The maximum Gasteiger partial charge on any atom is 0.240 e. The molecule has 0 aliphatic heterocycles. The summed E-state index contributed by atoms with van der Waals surface area (Å²) < 4.78 is 5.24. The first kappa shape index (κ1) is 12.8. The van der Waals surface area contributed by atoms with E-state index >= 15 is 0 Å². The number of methoxy groups -OCH3 is 1. The second-order valence-corrected chi connectivity index (χ2v) is 4.18. The molecule has 0 spiro atoms. The van der Waals surface area contributed by atoms with Gasteiger partial charge in [0.2, 0.25) is 5.88 Å². The van der Waals surface area contributed by atoms with Gasteiger partial charge in [0, 0.05) is 29.5 Å². The molecular formula is C13H14ClN3O. The third-order valence-electron chi connectivity index (χ3n) is 2.55. The third-order valence-corrected chi connectivity index (χ3v) is 2.79. The molecule has 94 valence electrons. The Morgan fingerprint density at radius 3 is 2.78 bits per heavy atom. The average molecular weight is 264 g/mol. The molecule has 0 saturated carbocycles. The summed E-state index contributed by atoms with van der Waals surface area (Å²) in [6.45, 7) is 0.728. The van der Waals surface area contributed by atoms with Crippen LogP contribution in [-0.2, 0) is 6.54 Å². The molecule has 1 N–H and O–H groups in total. The molecule has 0 bridgehead atoms. The summed E-state index contributed by atoms with van der Waals surface area (Å²) in [6.07, 6.45) is 3.24. The van der Waals surface area contributed by atoms with E-state index in [0.717, 1.165) is 17.7 Å². The molecule has 0 amide bonds. The molecule has 0 fully saturated rings. The third kappa shape index (κ3) is 2.60. The minimum atomic E-state index is 0.497. The Kier molecular flexibility index (Phi) is 4.12. The molecule has 1 aromatic carbocycles. The molecule has 0 radical (unpaired) electrons. The highest BCUT2D eigenvalue weighted by molar-refractivity contribution is 6.30. The Bertz CT molecular complexity index is 546. The molecule has 4 nitrogen and oxygen atoms in total. The maximum absolute atomic E-state index is 6.05. The van der Waals surface area contributed by atoms with E-state index in [9.17, 15) is 0 Å².